The number of amides is 1. The summed E-state index contributed by atoms with van der Waals surface area (Å²) in [5.41, 5.74) is 2.17. The van der Waals surface area contributed by atoms with E-state index < -0.39 is 12.0 Å². The molecule has 0 aliphatic heterocycles. The standard InChI is InChI=1S/C25H21Cl2IN2O3/c26-18-14-20(27)24(28)22(15-18)30-21(25(32)33-16-17-8-3-1-4-9-17)12-7-13-23(31)29-19-10-5-2-6-11-19/h1-11,13-15,21,30H,12,16H2,(H,29,31)/b13-7+. The normalized spacial score (nSPS) is 11.7. The predicted octanol–water partition coefficient (Wildman–Crippen LogP) is 6.71. The van der Waals surface area contributed by atoms with Gasteiger partial charge in [-0.25, -0.2) is 4.79 Å². The molecule has 0 aliphatic rings. The van der Waals surface area contributed by atoms with Gasteiger partial charge >= 0.3 is 5.97 Å². The van der Waals surface area contributed by atoms with Crippen molar-refractivity contribution in [3.63, 3.8) is 0 Å². The maximum Gasteiger partial charge on any atom is 0.329 e. The fraction of sp³-hybridized carbons (Fsp3) is 0.120. The predicted molar refractivity (Wildman–Crippen MR) is 142 cm³/mol. The molecule has 170 valence electrons. The molecule has 3 aromatic carbocycles. The topological polar surface area (TPSA) is 67.4 Å². The molecule has 0 spiro atoms. The largest absolute Gasteiger partial charge is 0.459 e. The van der Waals surface area contributed by atoms with Gasteiger partial charge in [-0.05, 0) is 64.9 Å². The van der Waals surface area contributed by atoms with Crippen LogP contribution < -0.4 is 10.6 Å². The molecule has 2 N–H and O–H groups in total. The number of rotatable bonds is 9. The number of hydrogen-bond acceptors (Lipinski definition) is 4. The van der Waals surface area contributed by atoms with Crippen molar-refractivity contribution in [1.29, 1.82) is 0 Å². The number of anilines is 2. The second kappa shape index (κ2) is 12.6. The smallest absolute Gasteiger partial charge is 0.329 e. The van der Waals surface area contributed by atoms with Gasteiger partial charge in [0.2, 0.25) is 5.91 Å². The first-order valence-corrected chi connectivity index (χ1v) is 11.9. The minimum Gasteiger partial charge on any atom is -0.459 e. The zero-order chi connectivity index (χ0) is 23.6. The van der Waals surface area contributed by atoms with E-state index in [9.17, 15) is 9.59 Å². The lowest BCUT2D eigenvalue weighted by molar-refractivity contribution is -0.145. The molecule has 0 radical (unpaired) electrons. The van der Waals surface area contributed by atoms with Crippen LogP contribution in [0.1, 0.15) is 12.0 Å². The summed E-state index contributed by atoms with van der Waals surface area (Å²) in [5, 5.41) is 6.84. The quantitative estimate of drug-likeness (QED) is 0.125. The van der Waals surface area contributed by atoms with E-state index in [1.807, 2.05) is 48.5 Å². The number of carbonyl (C=O) groups excluding carboxylic acids is 2. The Morgan fingerprint density at radius 3 is 2.36 bits per heavy atom. The Morgan fingerprint density at radius 1 is 1.00 bits per heavy atom. The van der Waals surface area contributed by atoms with Crippen molar-refractivity contribution in [3.05, 3.63) is 104 Å². The van der Waals surface area contributed by atoms with Gasteiger partial charge in [-0.3, -0.25) is 4.79 Å². The Hall–Kier alpha value is -2.55. The Balaban J connectivity index is 1.70. The van der Waals surface area contributed by atoms with Crippen molar-refractivity contribution in [2.24, 2.45) is 0 Å². The molecule has 0 saturated carbocycles. The van der Waals surface area contributed by atoms with Crippen molar-refractivity contribution >= 4 is 69.0 Å². The van der Waals surface area contributed by atoms with E-state index in [-0.39, 0.29) is 18.9 Å². The van der Waals surface area contributed by atoms with Crippen LogP contribution in [0.15, 0.2) is 84.9 Å². The zero-order valence-electron chi connectivity index (χ0n) is 17.4. The first-order valence-electron chi connectivity index (χ1n) is 10.1. The van der Waals surface area contributed by atoms with Crippen LogP contribution in [0.4, 0.5) is 11.4 Å². The molecule has 0 saturated heterocycles. The monoisotopic (exact) mass is 594 g/mol. The van der Waals surface area contributed by atoms with Gasteiger partial charge in [0.25, 0.3) is 0 Å². The highest BCUT2D eigenvalue weighted by atomic mass is 127. The van der Waals surface area contributed by atoms with Crippen LogP contribution in [0, 0.1) is 3.57 Å². The summed E-state index contributed by atoms with van der Waals surface area (Å²) in [6.07, 6.45) is 3.23. The lowest BCUT2D eigenvalue weighted by atomic mass is 10.1. The SMILES string of the molecule is O=C(/C=C/CC(Nc1cc(Cl)cc(Cl)c1I)C(=O)OCc1ccccc1)Nc1ccccc1. The highest BCUT2D eigenvalue weighted by Crippen LogP contribution is 2.31. The van der Waals surface area contributed by atoms with Crippen LogP contribution in [0.5, 0.6) is 0 Å². The van der Waals surface area contributed by atoms with Gasteiger partial charge in [0.15, 0.2) is 0 Å². The van der Waals surface area contributed by atoms with Gasteiger partial charge in [0.1, 0.15) is 12.6 Å². The molecule has 0 bridgehead atoms. The number of halogens is 3. The number of para-hydroxylation sites is 1. The lowest BCUT2D eigenvalue weighted by Gasteiger charge is -2.19. The van der Waals surface area contributed by atoms with E-state index in [4.69, 9.17) is 27.9 Å². The summed E-state index contributed by atoms with van der Waals surface area (Å²) in [6, 6.07) is 21.1. The summed E-state index contributed by atoms with van der Waals surface area (Å²) in [5.74, 6) is -0.753. The summed E-state index contributed by atoms with van der Waals surface area (Å²) in [4.78, 5) is 25.1. The van der Waals surface area contributed by atoms with E-state index in [0.717, 1.165) is 9.13 Å². The molecule has 1 unspecified atom stereocenters. The molecule has 33 heavy (non-hydrogen) atoms. The third kappa shape index (κ3) is 8.07. The summed E-state index contributed by atoms with van der Waals surface area (Å²) < 4.78 is 6.24. The Kier molecular flexibility index (Phi) is 9.60. The van der Waals surface area contributed by atoms with E-state index in [1.54, 1.807) is 30.3 Å². The number of carbonyl (C=O) groups is 2. The first-order chi connectivity index (χ1) is 15.9. The van der Waals surface area contributed by atoms with Gasteiger partial charge in [-0.2, -0.15) is 0 Å². The molecule has 0 heterocycles. The maximum absolute atomic E-state index is 12.9. The van der Waals surface area contributed by atoms with Gasteiger partial charge in [-0.1, -0.05) is 77.8 Å². The molecule has 3 rings (SSSR count). The van der Waals surface area contributed by atoms with E-state index in [1.165, 1.54) is 6.08 Å². The van der Waals surface area contributed by atoms with Gasteiger partial charge in [0.05, 0.1) is 14.3 Å². The number of nitrogens with one attached hydrogen (secondary N) is 2. The average molecular weight is 595 g/mol. The Labute approximate surface area is 216 Å². The van der Waals surface area contributed by atoms with Crippen molar-refractivity contribution < 1.29 is 14.3 Å². The molecular formula is C25H21Cl2IN2O3. The minimum absolute atomic E-state index is 0.142. The Morgan fingerprint density at radius 2 is 1.67 bits per heavy atom. The van der Waals surface area contributed by atoms with Crippen LogP contribution in [0.3, 0.4) is 0 Å². The van der Waals surface area contributed by atoms with Crippen molar-refractivity contribution in [2.45, 2.75) is 19.1 Å². The van der Waals surface area contributed by atoms with Crippen LogP contribution in [-0.4, -0.2) is 17.9 Å². The average Bonchev–Trinajstić information content (AvgIpc) is 2.81. The second-order valence-electron chi connectivity index (χ2n) is 7.03. The fourth-order valence-corrected chi connectivity index (χ4v) is 3.87. The number of benzene rings is 3. The number of esters is 1. The molecule has 3 aromatic rings. The Bertz CT molecular complexity index is 1130. The summed E-state index contributed by atoms with van der Waals surface area (Å²) in [7, 11) is 0. The van der Waals surface area contributed by atoms with E-state index in [2.05, 4.69) is 33.2 Å². The van der Waals surface area contributed by atoms with Crippen LogP contribution in [-0.2, 0) is 20.9 Å². The summed E-state index contributed by atoms with van der Waals surface area (Å²) in [6.45, 7) is 0.142. The highest BCUT2D eigenvalue weighted by Gasteiger charge is 2.21. The molecule has 0 fully saturated rings. The molecular weight excluding hydrogens is 574 g/mol. The van der Waals surface area contributed by atoms with Gasteiger partial charge < -0.3 is 15.4 Å². The number of ether oxygens (including phenoxy) is 1. The highest BCUT2D eigenvalue weighted by molar-refractivity contribution is 14.1. The van der Waals surface area contributed by atoms with Crippen LogP contribution in [0.25, 0.3) is 0 Å². The third-order valence-electron chi connectivity index (χ3n) is 4.51. The fourth-order valence-electron chi connectivity index (χ4n) is 2.91. The van der Waals surface area contributed by atoms with Gasteiger partial charge in [0, 0.05) is 10.7 Å². The minimum atomic E-state index is -0.752. The molecule has 1 amide bonds. The second-order valence-corrected chi connectivity index (χ2v) is 8.96. The van der Waals surface area contributed by atoms with Crippen molar-refractivity contribution in [1.82, 2.24) is 0 Å². The van der Waals surface area contributed by atoms with E-state index >= 15 is 0 Å². The number of hydrogen-bond donors (Lipinski definition) is 2. The zero-order valence-corrected chi connectivity index (χ0v) is 21.1. The lowest BCUT2D eigenvalue weighted by Crippen LogP contribution is -2.31. The van der Waals surface area contributed by atoms with Gasteiger partial charge in [-0.15, -0.1) is 0 Å². The molecule has 8 heteroatoms. The third-order valence-corrected chi connectivity index (χ3v) is 6.51. The molecule has 1 atom stereocenters. The summed E-state index contributed by atoms with van der Waals surface area (Å²) >= 11 is 14.5. The maximum atomic E-state index is 12.9. The van der Waals surface area contributed by atoms with Crippen LogP contribution in [0.2, 0.25) is 10.0 Å². The van der Waals surface area contributed by atoms with Crippen molar-refractivity contribution in [3.8, 4) is 0 Å². The molecule has 5 nitrogen and oxygen atoms in total. The van der Waals surface area contributed by atoms with Crippen LogP contribution >= 0.6 is 45.8 Å². The first kappa shape index (κ1) is 25.1. The van der Waals surface area contributed by atoms with Crippen molar-refractivity contribution in [2.75, 3.05) is 10.6 Å². The molecule has 0 aromatic heterocycles. The van der Waals surface area contributed by atoms with E-state index in [0.29, 0.717) is 21.4 Å². The molecule has 0 aliphatic carbocycles.